The van der Waals surface area contributed by atoms with Crippen LogP contribution in [0.4, 0.5) is 5.69 Å². The van der Waals surface area contributed by atoms with Crippen molar-refractivity contribution < 1.29 is 14.3 Å². The molecule has 1 aromatic heterocycles. The molecule has 1 aliphatic heterocycles. The number of aliphatic imine (C=N–C) groups is 1. The number of hydrogen-bond donors (Lipinski definition) is 0. The molecule has 1 aromatic carbocycles. The van der Waals surface area contributed by atoms with Crippen molar-refractivity contribution in [2.45, 2.75) is 32.1 Å². The Kier molecular flexibility index (Phi) is 3.46. The van der Waals surface area contributed by atoms with E-state index in [2.05, 4.69) is 4.98 Å². The van der Waals surface area contributed by atoms with Crippen LogP contribution in [0.2, 0.25) is 0 Å². The molecule has 0 fully saturated rings. The number of esters is 1. The molecule has 2 aromatic rings. The third kappa shape index (κ3) is 1.89. The first kappa shape index (κ1) is 15.3. The molecule has 1 atom stereocenters. The van der Waals surface area contributed by atoms with E-state index in [1.165, 1.54) is 0 Å². The van der Waals surface area contributed by atoms with Gasteiger partial charge in [-0.15, -0.1) is 11.3 Å². The second-order valence-corrected chi connectivity index (χ2v) is 7.12. The molecule has 2 aliphatic rings. The summed E-state index contributed by atoms with van der Waals surface area (Å²) in [6.07, 6.45) is 1.52. The predicted octanol–water partition coefficient (Wildman–Crippen LogP) is 3.34. The number of carbonyl (C=O) groups excluding carboxylic acids is 1. The summed E-state index contributed by atoms with van der Waals surface area (Å²) in [4.78, 5) is 23.5. The van der Waals surface area contributed by atoms with Crippen molar-refractivity contribution >= 4 is 28.7 Å². The lowest BCUT2D eigenvalue weighted by molar-refractivity contribution is -0.145. The molecule has 0 saturated heterocycles. The van der Waals surface area contributed by atoms with Gasteiger partial charge in [-0.05, 0) is 44.9 Å². The number of ether oxygens (including phenoxy) is 2. The molecular weight excluding hydrogens is 324 g/mol. The molecule has 0 radical (unpaired) electrons. The van der Waals surface area contributed by atoms with E-state index < -0.39 is 5.41 Å². The number of aromatic nitrogens is 1. The number of fused-ring (bicyclic) bond motifs is 5. The summed E-state index contributed by atoms with van der Waals surface area (Å²) in [6, 6.07) is 5.69. The highest BCUT2D eigenvalue weighted by atomic mass is 32.1. The van der Waals surface area contributed by atoms with Crippen LogP contribution >= 0.6 is 11.3 Å². The van der Waals surface area contributed by atoms with E-state index in [0.29, 0.717) is 18.8 Å². The molecule has 0 N–H and O–H groups in total. The van der Waals surface area contributed by atoms with Crippen molar-refractivity contribution in [1.29, 1.82) is 0 Å². The van der Waals surface area contributed by atoms with Gasteiger partial charge in [-0.25, -0.2) is 4.98 Å². The van der Waals surface area contributed by atoms with Crippen LogP contribution < -0.4 is 4.74 Å². The average molecular weight is 342 g/mol. The molecule has 0 bridgehead atoms. The lowest BCUT2D eigenvalue weighted by Gasteiger charge is -2.32. The zero-order valence-electron chi connectivity index (χ0n) is 13.9. The Morgan fingerprint density at radius 2 is 2.21 bits per heavy atom. The Morgan fingerprint density at radius 3 is 2.96 bits per heavy atom. The molecule has 1 aliphatic carbocycles. The number of thiazole rings is 1. The standard InChI is InChI=1S/C18H18N2O3S/c1-4-23-17(21)18-12-9-11(22-3)5-6-13(12)20-15(18)8-7-14-16(18)24-10(2)19-14/h5-6,9H,4,7-8H2,1-3H3. The summed E-state index contributed by atoms with van der Waals surface area (Å²) in [7, 11) is 1.62. The molecule has 0 saturated carbocycles. The van der Waals surface area contributed by atoms with E-state index in [-0.39, 0.29) is 5.97 Å². The smallest absolute Gasteiger partial charge is 0.327 e. The first-order chi connectivity index (χ1) is 11.6. The van der Waals surface area contributed by atoms with Gasteiger partial charge in [0.2, 0.25) is 0 Å². The maximum absolute atomic E-state index is 13.2. The van der Waals surface area contributed by atoms with Crippen LogP contribution in [-0.4, -0.2) is 30.4 Å². The molecule has 24 heavy (non-hydrogen) atoms. The van der Waals surface area contributed by atoms with Crippen molar-refractivity contribution in [3.63, 3.8) is 0 Å². The number of carbonyl (C=O) groups is 1. The third-order valence-corrected chi connectivity index (χ3v) is 5.75. The second kappa shape index (κ2) is 5.41. The maximum Gasteiger partial charge on any atom is 0.327 e. The van der Waals surface area contributed by atoms with Crippen LogP contribution in [0.1, 0.15) is 34.5 Å². The minimum atomic E-state index is -0.959. The van der Waals surface area contributed by atoms with Crippen LogP contribution in [-0.2, 0) is 21.4 Å². The first-order valence-corrected chi connectivity index (χ1v) is 8.83. The first-order valence-electron chi connectivity index (χ1n) is 8.01. The molecule has 1 unspecified atom stereocenters. The lowest BCUT2D eigenvalue weighted by atomic mass is 9.71. The van der Waals surface area contributed by atoms with E-state index in [1.807, 2.05) is 32.0 Å². The Balaban J connectivity index is 2.03. The zero-order chi connectivity index (χ0) is 16.9. The van der Waals surface area contributed by atoms with Crippen LogP contribution in [0.5, 0.6) is 5.75 Å². The van der Waals surface area contributed by atoms with Gasteiger partial charge in [0.25, 0.3) is 0 Å². The number of rotatable bonds is 3. The van der Waals surface area contributed by atoms with Gasteiger partial charge in [-0.1, -0.05) is 0 Å². The Bertz CT molecular complexity index is 871. The Labute approximate surface area is 144 Å². The fourth-order valence-electron chi connectivity index (χ4n) is 3.65. The van der Waals surface area contributed by atoms with Gasteiger partial charge in [0.15, 0.2) is 5.41 Å². The van der Waals surface area contributed by atoms with Gasteiger partial charge in [0.1, 0.15) is 5.75 Å². The van der Waals surface area contributed by atoms with Gasteiger partial charge in [0.05, 0.1) is 35.0 Å². The van der Waals surface area contributed by atoms with Crippen LogP contribution in [0.25, 0.3) is 0 Å². The Morgan fingerprint density at radius 1 is 1.38 bits per heavy atom. The van der Waals surface area contributed by atoms with Crippen LogP contribution in [0.15, 0.2) is 23.2 Å². The predicted molar refractivity (Wildman–Crippen MR) is 92.7 cm³/mol. The summed E-state index contributed by atoms with van der Waals surface area (Å²) in [5, 5.41) is 0.960. The van der Waals surface area contributed by atoms with E-state index in [1.54, 1.807) is 18.4 Å². The number of hydrogen-bond acceptors (Lipinski definition) is 6. The summed E-state index contributed by atoms with van der Waals surface area (Å²) in [5.41, 5.74) is 2.55. The van der Waals surface area contributed by atoms with Crippen molar-refractivity contribution in [2.24, 2.45) is 4.99 Å². The lowest BCUT2D eigenvalue weighted by Crippen LogP contribution is -2.46. The summed E-state index contributed by atoms with van der Waals surface area (Å²) in [6.45, 7) is 4.13. The topological polar surface area (TPSA) is 60.8 Å². The summed E-state index contributed by atoms with van der Waals surface area (Å²) in [5.74, 6) is 0.447. The SMILES string of the molecule is CCOC(=O)C12C(=Nc3ccc(OC)cc31)CCc1nc(C)sc12. The number of nitrogens with zero attached hydrogens (tertiary/aromatic N) is 2. The molecule has 0 amide bonds. The van der Waals surface area contributed by atoms with E-state index >= 15 is 0 Å². The highest BCUT2D eigenvalue weighted by Crippen LogP contribution is 2.52. The van der Waals surface area contributed by atoms with E-state index in [9.17, 15) is 4.79 Å². The van der Waals surface area contributed by atoms with Gasteiger partial charge in [-0.3, -0.25) is 9.79 Å². The zero-order valence-corrected chi connectivity index (χ0v) is 14.7. The molecule has 2 heterocycles. The van der Waals surface area contributed by atoms with Gasteiger partial charge < -0.3 is 9.47 Å². The molecular formula is C18H18N2O3S. The monoisotopic (exact) mass is 342 g/mol. The fourth-order valence-corrected chi connectivity index (χ4v) is 4.83. The Hall–Kier alpha value is -2.21. The van der Waals surface area contributed by atoms with Gasteiger partial charge in [-0.2, -0.15) is 0 Å². The molecule has 124 valence electrons. The van der Waals surface area contributed by atoms with Crippen LogP contribution in [0, 0.1) is 6.92 Å². The minimum absolute atomic E-state index is 0.264. The summed E-state index contributed by atoms with van der Waals surface area (Å²) < 4.78 is 10.9. The molecule has 4 rings (SSSR count). The highest BCUT2D eigenvalue weighted by Gasteiger charge is 2.56. The quantitative estimate of drug-likeness (QED) is 0.803. The number of benzene rings is 1. The normalized spacial score (nSPS) is 20.7. The van der Waals surface area contributed by atoms with Gasteiger partial charge in [0, 0.05) is 11.3 Å². The largest absolute Gasteiger partial charge is 0.497 e. The number of methoxy groups -OCH3 is 1. The van der Waals surface area contributed by atoms with E-state index in [0.717, 1.165) is 39.0 Å². The molecule has 6 heteroatoms. The van der Waals surface area contributed by atoms with Crippen LogP contribution in [0.3, 0.4) is 0 Å². The van der Waals surface area contributed by atoms with Crippen molar-refractivity contribution in [3.8, 4) is 5.75 Å². The van der Waals surface area contributed by atoms with Gasteiger partial charge >= 0.3 is 5.97 Å². The third-order valence-electron chi connectivity index (χ3n) is 4.62. The maximum atomic E-state index is 13.2. The van der Waals surface area contributed by atoms with Crippen molar-refractivity contribution in [3.05, 3.63) is 39.3 Å². The number of aryl methyl sites for hydroxylation is 2. The second-order valence-electron chi connectivity index (χ2n) is 5.92. The molecule has 0 spiro atoms. The minimum Gasteiger partial charge on any atom is -0.497 e. The van der Waals surface area contributed by atoms with E-state index in [4.69, 9.17) is 14.5 Å². The summed E-state index contributed by atoms with van der Waals surface area (Å²) >= 11 is 1.56. The van der Waals surface area contributed by atoms with Crippen molar-refractivity contribution in [1.82, 2.24) is 4.98 Å². The highest BCUT2D eigenvalue weighted by molar-refractivity contribution is 7.12. The van der Waals surface area contributed by atoms with Crippen molar-refractivity contribution in [2.75, 3.05) is 13.7 Å². The average Bonchev–Trinajstić information content (AvgIpc) is 3.11. The fraction of sp³-hybridized carbons (Fsp3) is 0.389. The molecule has 5 nitrogen and oxygen atoms in total.